The predicted octanol–water partition coefficient (Wildman–Crippen LogP) is 5.07. The first-order valence-electron chi connectivity index (χ1n) is 6.46. The second-order valence-corrected chi connectivity index (χ2v) is 5.77. The molecule has 2 aromatic carbocycles. The Hall–Kier alpha value is -1.54. The van der Waals surface area contributed by atoms with E-state index in [-0.39, 0.29) is 0 Å². The summed E-state index contributed by atoms with van der Waals surface area (Å²) in [7, 11) is 0. The van der Waals surface area contributed by atoms with Gasteiger partial charge in [0.2, 0.25) is 0 Å². The molecule has 19 heavy (non-hydrogen) atoms. The average Bonchev–Trinajstić information content (AvgIpc) is 2.67. The van der Waals surface area contributed by atoms with Gasteiger partial charge in [-0.25, -0.2) is 0 Å². The Morgan fingerprint density at radius 1 is 0.947 bits per heavy atom. The molecule has 0 unspecified atom stereocenters. The van der Waals surface area contributed by atoms with Gasteiger partial charge in [0.1, 0.15) is 0 Å². The highest BCUT2D eigenvalue weighted by Gasteiger charge is 2.13. The third-order valence-electron chi connectivity index (χ3n) is 3.79. The lowest BCUT2D eigenvalue weighted by molar-refractivity contribution is 0.799. The van der Waals surface area contributed by atoms with Crippen LogP contribution < -0.4 is 0 Å². The average molecular weight is 314 g/mol. The number of nitrogens with zero attached hydrogens (tertiary/aromatic N) is 1. The van der Waals surface area contributed by atoms with Crippen LogP contribution >= 0.6 is 15.9 Å². The second kappa shape index (κ2) is 4.86. The quantitative estimate of drug-likeness (QED) is 0.622. The molecule has 0 bridgehead atoms. The summed E-state index contributed by atoms with van der Waals surface area (Å²) in [5.41, 5.74) is 5.33. The van der Waals surface area contributed by atoms with E-state index in [1.165, 1.54) is 27.7 Å². The van der Waals surface area contributed by atoms with Gasteiger partial charge in [0.25, 0.3) is 0 Å². The molecule has 96 valence electrons. The number of aryl methyl sites for hydroxylation is 1. The van der Waals surface area contributed by atoms with Gasteiger partial charge in [0, 0.05) is 22.1 Å². The largest absolute Gasteiger partial charge is 0.339 e. The lowest BCUT2D eigenvalue weighted by Gasteiger charge is -2.09. The van der Waals surface area contributed by atoms with Crippen molar-refractivity contribution in [1.29, 1.82) is 0 Å². The number of aromatic nitrogens is 1. The summed E-state index contributed by atoms with van der Waals surface area (Å²) >= 11 is 3.69. The van der Waals surface area contributed by atoms with Crippen LogP contribution in [0.25, 0.3) is 10.9 Å². The molecule has 0 aliphatic rings. The van der Waals surface area contributed by atoms with Crippen LogP contribution in [0.2, 0.25) is 0 Å². The number of fused-ring (bicyclic) bond motifs is 1. The smallest absolute Gasteiger partial charge is 0.0632 e. The van der Waals surface area contributed by atoms with E-state index in [9.17, 15) is 0 Å². The van der Waals surface area contributed by atoms with Crippen molar-refractivity contribution in [1.82, 2.24) is 4.57 Å². The van der Waals surface area contributed by atoms with Crippen molar-refractivity contribution in [2.24, 2.45) is 0 Å². The van der Waals surface area contributed by atoms with Crippen LogP contribution in [0.15, 0.2) is 53.0 Å². The van der Waals surface area contributed by atoms with E-state index in [0.717, 1.165) is 11.0 Å². The summed E-state index contributed by atoms with van der Waals surface area (Å²) in [4.78, 5) is 0. The van der Waals surface area contributed by atoms with E-state index in [1.54, 1.807) is 0 Å². The van der Waals surface area contributed by atoms with Crippen molar-refractivity contribution in [3.8, 4) is 0 Å². The number of hydrogen-bond donors (Lipinski definition) is 0. The van der Waals surface area contributed by atoms with Crippen molar-refractivity contribution >= 4 is 26.8 Å². The fraction of sp³-hybridized carbons (Fsp3) is 0.176. The third kappa shape index (κ3) is 2.10. The van der Waals surface area contributed by atoms with E-state index in [4.69, 9.17) is 0 Å². The zero-order valence-electron chi connectivity index (χ0n) is 11.2. The molecule has 3 rings (SSSR count). The van der Waals surface area contributed by atoms with Crippen LogP contribution in [0.1, 0.15) is 16.8 Å². The molecule has 0 radical (unpaired) electrons. The summed E-state index contributed by atoms with van der Waals surface area (Å²) in [6.07, 6.45) is 0. The normalized spacial score (nSPS) is 11.1. The van der Waals surface area contributed by atoms with E-state index in [0.29, 0.717) is 0 Å². The lowest BCUT2D eigenvalue weighted by Crippen LogP contribution is -2.02. The molecular weight excluding hydrogens is 298 g/mol. The van der Waals surface area contributed by atoms with Gasteiger partial charge in [-0.1, -0.05) is 42.5 Å². The Kier molecular flexibility index (Phi) is 3.19. The van der Waals surface area contributed by atoms with E-state index in [2.05, 4.69) is 82.9 Å². The SMILES string of the molecule is Cc1c(C)n(Cc2ccccc2)c2c(Br)cccc12. The minimum absolute atomic E-state index is 0.916. The molecule has 1 aromatic heterocycles. The van der Waals surface area contributed by atoms with Gasteiger partial charge in [0.05, 0.1) is 5.52 Å². The van der Waals surface area contributed by atoms with Crippen LogP contribution in [0, 0.1) is 13.8 Å². The number of benzene rings is 2. The predicted molar refractivity (Wildman–Crippen MR) is 84.7 cm³/mol. The molecule has 0 saturated heterocycles. The van der Waals surface area contributed by atoms with Gasteiger partial charge in [-0.15, -0.1) is 0 Å². The number of rotatable bonds is 2. The summed E-state index contributed by atoms with van der Waals surface area (Å²) in [6.45, 7) is 5.32. The summed E-state index contributed by atoms with van der Waals surface area (Å²) in [5, 5.41) is 1.34. The summed E-state index contributed by atoms with van der Waals surface area (Å²) in [5.74, 6) is 0. The number of hydrogen-bond acceptors (Lipinski definition) is 0. The van der Waals surface area contributed by atoms with Crippen molar-refractivity contribution in [3.05, 3.63) is 69.8 Å². The zero-order valence-corrected chi connectivity index (χ0v) is 12.7. The van der Waals surface area contributed by atoms with E-state index in [1.807, 2.05) is 0 Å². The molecular formula is C17H16BrN. The topological polar surface area (TPSA) is 4.93 Å². The minimum Gasteiger partial charge on any atom is -0.339 e. The molecule has 0 aliphatic carbocycles. The lowest BCUT2D eigenvalue weighted by atomic mass is 10.2. The molecule has 0 fully saturated rings. The Bertz CT molecular complexity index is 726. The maximum absolute atomic E-state index is 3.69. The molecule has 1 nitrogen and oxygen atoms in total. The zero-order chi connectivity index (χ0) is 13.4. The van der Waals surface area contributed by atoms with Crippen LogP contribution in [0.3, 0.4) is 0 Å². The maximum Gasteiger partial charge on any atom is 0.0632 e. The molecule has 0 N–H and O–H groups in total. The molecule has 0 saturated carbocycles. The monoisotopic (exact) mass is 313 g/mol. The molecule has 1 heterocycles. The minimum atomic E-state index is 0.916. The molecule has 3 aromatic rings. The van der Waals surface area contributed by atoms with Crippen molar-refractivity contribution < 1.29 is 0 Å². The van der Waals surface area contributed by atoms with Gasteiger partial charge >= 0.3 is 0 Å². The Balaban J connectivity index is 2.21. The Morgan fingerprint density at radius 3 is 2.42 bits per heavy atom. The van der Waals surface area contributed by atoms with Crippen molar-refractivity contribution in [2.45, 2.75) is 20.4 Å². The van der Waals surface area contributed by atoms with Crippen molar-refractivity contribution in [2.75, 3.05) is 0 Å². The molecule has 2 heteroatoms. The highest BCUT2D eigenvalue weighted by atomic mass is 79.9. The fourth-order valence-electron chi connectivity index (χ4n) is 2.62. The van der Waals surface area contributed by atoms with E-state index >= 15 is 0 Å². The van der Waals surface area contributed by atoms with Gasteiger partial charge in [-0.2, -0.15) is 0 Å². The number of halogens is 1. The first-order valence-corrected chi connectivity index (χ1v) is 7.25. The fourth-order valence-corrected chi connectivity index (χ4v) is 3.20. The van der Waals surface area contributed by atoms with Gasteiger partial charge in [0.15, 0.2) is 0 Å². The second-order valence-electron chi connectivity index (χ2n) is 4.92. The van der Waals surface area contributed by atoms with Crippen LogP contribution in [0.5, 0.6) is 0 Å². The van der Waals surface area contributed by atoms with Gasteiger partial charge in [-0.05, 0) is 47.0 Å². The maximum atomic E-state index is 3.69. The van der Waals surface area contributed by atoms with Crippen LogP contribution in [-0.4, -0.2) is 4.57 Å². The van der Waals surface area contributed by atoms with Gasteiger partial charge < -0.3 is 4.57 Å². The third-order valence-corrected chi connectivity index (χ3v) is 4.43. The Labute approximate surface area is 122 Å². The first-order chi connectivity index (χ1) is 9.18. The molecule has 0 aliphatic heterocycles. The summed E-state index contributed by atoms with van der Waals surface area (Å²) in [6, 6.07) is 17.0. The van der Waals surface area contributed by atoms with E-state index < -0.39 is 0 Å². The molecule has 0 amide bonds. The van der Waals surface area contributed by atoms with Crippen LogP contribution in [-0.2, 0) is 6.54 Å². The molecule has 0 spiro atoms. The summed E-state index contributed by atoms with van der Waals surface area (Å²) < 4.78 is 3.56. The standard InChI is InChI=1S/C17H16BrN/c1-12-13(2)19(11-14-7-4-3-5-8-14)17-15(12)9-6-10-16(17)18/h3-10H,11H2,1-2H3. The number of para-hydroxylation sites is 1. The highest BCUT2D eigenvalue weighted by Crippen LogP contribution is 2.31. The van der Waals surface area contributed by atoms with Gasteiger partial charge in [-0.3, -0.25) is 0 Å². The first kappa shape index (κ1) is 12.5. The Morgan fingerprint density at radius 2 is 1.68 bits per heavy atom. The molecule has 0 atom stereocenters. The van der Waals surface area contributed by atoms with Crippen LogP contribution in [0.4, 0.5) is 0 Å². The highest BCUT2D eigenvalue weighted by molar-refractivity contribution is 9.10. The van der Waals surface area contributed by atoms with Crippen molar-refractivity contribution in [3.63, 3.8) is 0 Å².